The maximum absolute atomic E-state index is 12.4. The zero-order chi connectivity index (χ0) is 21.6. The van der Waals surface area contributed by atoms with Crippen LogP contribution >= 0.6 is 24.0 Å². The fraction of sp³-hybridized carbons (Fsp3) is 0.762. The fourth-order valence-electron chi connectivity index (χ4n) is 3.74. The summed E-state index contributed by atoms with van der Waals surface area (Å²) in [4.78, 5) is 18.5. The molecule has 2 rings (SSSR count). The van der Waals surface area contributed by atoms with E-state index in [1.807, 2.05) is 32.5 Å². The Bertz CT molecular complexity index is 726. The number of aromatic nitrogens is 2. The van der Waals surface area contributed by atoms with Gasteiger partial charge < -0.3 is 20.3 Å². The van der Waals surface area contributed by atoms with Crippen LogP contribution in [0.5, 0.6) is 0 Å². The van der Waals surface area contributed by atoms with Crippen LogP contribution in [0.2, 0.25) is 0 Å². The first-order chi connectivity index (χ1) is 13.7. The number of ether oxygens (including phenoxy) is 1. The van der Waals surface area contributed by atoms with Gasteiger partial charge in [-0.3, -0.25) is 9.67 Å². The number of nitrogens with one attached hydrogen (secondary N) is 2. The van der Waals surface area contributed by atoms with E-state index >= 15 is 0 Å². The minimum absolute atomic E-state index is 0. The lowest BCUT2D eigenvalue weighted by atomic mass is 10.1. The Morgan fingerprint density at radius 1 is 1.30 bits per heavy atom. The van der Waals surface area contributed by atoms with Gasteiger partial charge in [0.2, 0.25) is 0 Å². The molecule has 172 valence electrons. The van der Waals surface area contributed by atoms with Gasteiger partial charge in [-0.2, -0.15) is 5.10 Å². The number of guanidine groups is 1. The van der Waals surface area contributed by atoms with E-state index < -0.39 is 5.60 Å². The Labute approximate surface area is 198 Å². The van der Waals surface area contributed by atoms with Crippen LogP contribution in [0, 0.1) is 0 Å². The van der Waals surface area contributed by atoms with Gasteiger partial charge in [0.25, 0.3) is 0 Å². The molecule has 1 fully saturated rings. The molecular weight excluding hydrogens is 495 g/mol. The second-order valence-corrected chi connectivity index (χ2v) is 8.54. The minimum Gasteiger partial charge on any atom is -0.444 e. The normalized spacial score (nSPS) is 17.4. The van der Waals surface area contributed by atoms with E-state index in [1.54, 1.807) is 11.9 Å². The lowest BCUT2D eigenvalue weighted by Crippen LogP contribution is -2.53. The van der Waals surface area contributed by atoms with Crippen LogP contribution in [0.4, 0.5) is 4.79 Å². The summed E-state index contributed by atoms with van der Waals surface area (Å²) in [7, 11) is 3.77. The van der Waals surface area contributed by atoms with Crippen LogP contribution in [0.15, 0.2) is 4.99 Å². The van der Waals surface area contributed by atoms with Gasteiger partial charge in [0.15, 0.2) is 5.96 Å². The molecule has 1 saturated heterocycles. The SMILES string of the molecule is CCc1nn(C)c(CC)c1CNC(=NC)NC1CCCN(C(=O)OC(C)(C)C)C1.I. The van der Waals surface area contributed by atoms with Gasteiger partial charge in [-0.25, -0.2) is 4.79 Å². The molecule has 1 aromatic rings. The number of aliphatic imine (C=N–C) groups is 1. The first kappa shape index (κ1) is 26.5. The fourth-order valence-corrected chi connectivity index (χ4v) is 3.74. The molecule has 0 saturated carbocycles. The number of carbonyl (C=O) groups excluding carboxylic acids is 1. The van der Waals surface area contributed by atoms with E-state index in [1.165, 1.54) is 11.3 Å². The quantitative estimate of drug-likeness (QED) is 0.345. The molecule has 1 unspecified atom stereocenters. The Morgan fingerprint density at radius 2 is 2.00 bits per heavy atom. The highest BCUT2D eigenvalue weighted by Crippen LogP contribution is 2.17. The number of aryl methyl sites for hydroxylation is 2. The summed E-state index contributed by atoms with van der Waals surface area (Å²) >= 11 is 0. The number of hydrogen-bond donors (Lipinski definition) is 2. The van der Waals surface area contributed by atoms with Gasteiger partial charge in [0, 0.05) is 51.0 Å². The van der Waals surface area contributed by atoms with Crippen molar-refractivity contribution in [2.45, 2.75) is 78.5 Å². The molecule has 30 heavy (non-hydrogen) atoms. The minimum atomic E-state index is -0.479. The molecule has 0 radical (unpaired) electrons. The summed E-state index contributed by atoms with van der Waals surface area (Å²) < 4.78 is 7.50. The molecule has 9 heteroatoms. The van der Waals surface area contributed by atoms with Crippen molar-refractivity contribution in [3.05, 3.63) is 17.0 Å². The zero-order valence-electron chi connectivity index (χ0n) is 19.5. The van der Waals surface area contributed by atoms with E-state index in [-0.39, 0.29) is 36.1 Å². The molecule has 0 bridgehead atoms. The molecule has 0 spiro atoms. The summed E-state index contributed by atoms with van der Waals surface area (Å²) in [6.07, 6.45) is 3.54. The number of piperidine rings is 1. The highest BCUT2D eigenvalue weighted by Gasteiger charge is 2.28. The van der Waals surface area contributed by atoms with Crippen LogP contribution in [-0.2, 0) is 31.2 Å². The topological polar surface area (TPSA) is 83.8 Å². The lowest BCUT2D eigenvalue weighted by molar-refractivity contribution is 0.0193. The van der Waals surface area contributed by atoms with Crippen LogP contribution in [0.25, 0.3) is 0 Å². The second kappa shape index (κ2) is 11.8. The summed E-state index contributed by atoms with van der Waals surface area (Å²) in [5.74, 6) is 0.744. The van der Waals surface area contributed by atoms with Crippen molar-refractivity contribution in [2.24, 2.45) is 12.0 Å². The van der Waals surface area contributed by atoms with Crippen molar-refractivity contribution in [1.82, 2.24) is 25.3 Å². The highest BCUT2D eigenvalue weighted by atomic mass is 127. The van der Waals surface area contributed by atoms with Crippen LogP contribution in [-0.4, -0.2) is 58.5 Å². The van der Waals surface area contributed by atoms with Gasteiger partial charge in [-0.15, -0.1) is 24.0 Å². The van der Waals surface area contributed by atoms with Gasteiger partial charge in [-0.1, -0.05) is 13.8 Å². The van der Waals surface area contributed by atoms with Crippen molar-refractivity contribution in [3.63, 3.8) is 0 Å². The van der Waals surface area contributed by atoms with Crippen molar-refractivity contribution in [1.29, 1.82) is 0 Å². The van der Waals surface area contributed by atoms with E-state index in [9.17, 15) is 4.79 Å². The molecule has 1 atom stereocenters. The third-order valence-electron chi connectivity index (χ3n) is 5.10. The Hall–Kier alpha value is -1.52. The first-order valence-electron chi connectivity index (χ1n) is 10.7. The summed E-state index contributed by atoms with van der Waals surface area (Å²) in [6.45, 7) is 12.0. The Kier molecular flexibility index (Phi) is 10.4. The monoisotopic (exact) mass is 534 g/mol. The van der Waals surface area contributed by atoms with Crippen molar-refractivity contribution >= 4 is 36.0 Å². The molecule has 0 aromatic carbocycles. The van der Waals surface area contributed by atoms with Crippen molar-refractivity contribution < 1.29 is 9.53 Å². The molecule has 8 nitrogen and oxygen atoms in total. The van der Waals surface area contributed by atoms with Crippen LogP contribution in [0.1, 0.15) is 64.4 Å². The number of halogens is 1. The Morgan fingerprint density at radius 3 is 2.57 bits per heavy atom. The van der Waals surface area contributed by atoms with E-state index in [2.05, 4.69) is 34.6 Å². The third kappa shape index (κ3) is 7.31. The van der Waals surface area contributed by atoms with Crippen LogP contribution in [0.3, 0.4) is 0 Å². The third-order valence-corrected chi connectivity index (χ3v) is 5.10. The van der Waals surface area contributed by atoms with E-state index in [0.717, 1.165) is 43.9 Å². The predicted octanol–water partition coefficient (Wildman–Crippen LogP) is 3.23. The zero-order valence-corrected chi connectivity index (χ0v) is 21.9. The Balaban J connectivity index is 0.00000450. The number of hydrogen-bond acceptors (Lipinski definition) is 4. The molecule has 2 heterocycles. The van der Waals surface area contributed by atoms with Gasteiger partial charge >= 0.3 is 6.09 Å². The molecule has 1 amide bonds. The average molecular weight is 534 g/mol. The van der Waals surface area contributed by atoms with Gasteiger partial charge in [0.05, 0.1) is 5.69 Å². The number of amides is 1. The lowest BCUT2D eigenvalue weighted by Gasteiger charge is -2.35. The first-order valence-corrected chi connectivity index (χ1v) is 10.7. The van der Waals surface area contributed by atoms with E-state index in [0.29, 0.717) is 13.1 Å². The van der Waals surface area contributed by atoms with Crippen LogP contribution < -0.4 is 10.6 Å². The average Bonchev–Trinajstić information content (AvgIpc) is 2.98. The number of carbonyl (C=O) groups is 1. The maximum atomic E-state index is 12.4. The van der Waals surface area contributed by atoms with E-state index in [4.69, 9.17) is 4.74 Å². The standard InChI is InChI=1S/C21H38N6O2.HI/c1-8-17-16(18(9-2)26(7)25-17)13-23-19(22-6)24-15-11-10-12-27(14-15)20(28)29-21(3,4)5;/h15H,8-14H2,1-7H3,(H2,22,23,24);1H. The molecule has 1 aliphatic heterocycles. The summed E-state index contributed by atoms with van der Waals surface area (Å²) in [5, 5.41) is 11.5. The maximum Gasteiger partial charge on any atom is 0.410 e. The molecule has 1 aliphatic rings. The second-order valence-electron chi connectivity index (χ2n) is 8.54. The molecular formula is C21H39IN6O2. The number of likely N-dealkylation sites (tertiary alicyclic amines) is 1. The largest absolute Gasteiger partial charge is 0.444 e. The van der Waals surface area contributed by atoms with Gasteiger partial charge in [-0.05, 0) is 46.5 Å². The molecule has 2 N–H and O–H groups in total. The molecule has 1 aromatic heterocycles. The summed E-state index contributed by atoms with van der Waals surface area (Å²) in [5.41, 5.74) is 3.14. The number of nitrogens with zero attached hydrogens (tertiary/aromatic N) is 4. The highest BCUT2D eigenvalue weighted by molar-refractivity contribution is 14.0. The van der Waals surface area contributed by atoms with Crippen molar-refractivity contribution in [3.8, 4) is 0 Å². The predicted molar refractivity (Wildman–Crippen MR) is 132 cm³/mol. The number of rotatable bonds is 5. The smallest absolute Gasteiger partial charge is 0.410 e. The molecule has 0 aliphatic carbocycles. The summed E-state index contributed by atoms with van der Waals surface area (Å²) in [6, 6.07) is 0.146. The van der Waals surface area contributed by atoms with Crippen molar-refractivity contribution in [2.75, 3.05) is 20.1 Å². The van der Waals surface area contributed by atoms with Gasteiger partial charge in [0.1, 0.15) is 5.60 Å².